The maximum absolute atomic E-state index is 5.67. The lowest BCUT2D eigenvalue weighted by atomic mass is 10.3. The fourth-order valence-electron chi connectivity index (χ4n) is 1.88. The summed E-state index contributed by atoms with van der Waals surface area (Å²) >= 11 is 0. The van der Waals surface area contributed by atoms with Crippen LogP contribution >= 0.6 is 0 Å². The van der Waals surface area contributed by atoms with E-state index in [1.165, 1.54) is 0 Å². The van der Waals surface area contributed by atoms with E-state index in [0.717, 1.165) is 37.6 Å². The summed E-state index contributed by atoms with van der Waals surface area (Å²) < 4.78 is 7.53. The van der Waals surface area contributed by atoms with Gasteiger partial charge in [0.15, 0.2) is 5.82 Å². The number of para-hydroxylation sites is 1. The minimum Gasteiger partial charge on any atom is -0.492 e. The molecule has 0 saturated carbocycles. The topological polar surface area (TPSA) is 56.1 Å². The van der Waals surface area contributed by atoms with E-state index in [9.17, 15) is 0 Å². The highest BCUT2D eigenvalue weighted by molar-refractivity contribution is 5.20. The molecule has 0 N–H and O–H groups in total. The molecule has 0 bridgehead atoms. The van der Waals surface area contributed by atoms with Crippen LogP contribution in [0.1, 0.15) is 19.2 Å². The Morgan fingerprint density at radius 2 is 2.05 bits per heavy atom. The van der Waals surface area contributed by atoms with Crippen molar-refractivity contribution in [2.75, 3.05) is 20.2 Å². The largest absolute Gasteiger partial charge is 0.492 e. The van der Waals surface area contributed by atoms with Crippen LogP contribution in [0.15, 0.2) is 30.3 Å². The number of likely N-dealkylation sites (N-methyl/N-ethyl adjacent to an activating group) is 1. The number of aryl methyl sites for hydroxylation is 1. The summed E-state index contributed by atoms with van der Waals surface area (Å²) in [7, 11) is 2.04. The van der Waals surface area contributed by atoms with Crippen molar-refractivity contribution >= 4 is 0 Å². The van der Waals surface area contributed by atoms with Crippen molar-refractivity contribution < 1.29 is 4.74 Å². The minimum absolute atomic E-state index is 0.649. The Balaban J connectivity index is 1.75. The summed E-state index contributed by atoms with van der Waals surface area (Å²) in [5.41, 5.74) is 0. The highest BCUT2D eigenvalue weighted by atomic mass is 16.5. The van der Waals surface area contributed by atoms with Crippen LogP contribution in [0.25, 0.3) is 0 Å². The number of hydrogen-bond donors (Lipinski definition) is 0. The molecule has 2 rings (SSSR count). The summed E-state index contributed by atoms with van der Waals surface area (Å²) in [6.07, 6.45) is 1.03. The number of aromatic nitrogens is 4. The van der Waals surface area contributed by atoms with Crippen LogP contribution in [-0.2, 0) is 13.1 Å². The Morgan fingerprint density at radius 3 is 2.80 bits per heavy atom. The molecule has 0 radical (unpaired) electrons. The maximum atomic E-state index is 5.67. The lowest BCUT2D eigenvalue weighted by Gasteiger charge is -2.16. The van der Waals surface area contributed by atoms with Crippen molar-refractivity contribution in [3.63, 3.8) is 0 Å². The lowest BCUT2D eigenvalue weighted by Crippen LogP contribution is -2.25. The monoisotopic (exact) mass is 275 g/mol. The molecule has 0 aliphatic rings. The lowest BCUT2D eigenvalue weighted by molar-refractivity contribution is 0.227. The molecule has 20 heavy (non-hydrogen) atoms. The van der Waals surface area contributed by atoms with E-state index < -0.39 is 0 Å². The predicted octanol–water partition coefficient (Wildman–Crippen LogP) is 1.59. The van der Waals surface area contributed by atoms with Crippen molar-refractivity contribution in [3.05, 3.63) is 36.2 Å². The number of benzene rings is 1. The van der Waals surface area contributed by atoms with Gasteiger partial charge in [-0.25, -0.2) is 4.68 Å². The first-order chi connectivity index (χ1) is 9.79. The van der Waals surface area contributed by atoms with Crippen LogP contribution < -0.4 is 4.74 Å². The van der Waals surface area contributed by atoms with Gasteiger partial charge in [0.05, 0.1) is 6.54 Å². The van der Waals surface area contributed by atoms with Crippen molar-refractivity contribution in [1.82, 2.24) is 25.1 Å². The Kier molecular flexibility index (Phi) is 5.49. The first-order valence-electron chi connectivity index (χ1n) is 6.91. The third-order valence-corrected chi connectivity index (χ3v) is 2.94. The van der Waals surface area contributed by atoms with E-state index in [4.69, 9.17) is 4.74 Å². The second kappa shape index (κ2) is 7.59. The molecule has 0 aliphatic carbocycles. The van der Waals surface area contributed by atoms with Crippen LogP contribution in [0.5, 0.6) is 5.75 Å². The first kappa shape index (κ1) is 14.5. The molecule has 0 aliphatic heterocycles. The van der Waals surface area contributed by atoms with Gasteiger partial charge in [-0.05, 0) is 36.0 Å². The van der Waals surface area contributed by atoms with Gasteiger partial charge in [-0.1, -0.05) is 25.1 Å². The van der Waals surface area contributed by atoms with Crippen molar-refractivity contribution in [3.8, 4) is 5.75 Å². The van der Waals surface area contributed by atoms with Crippen LogP contribution in [0.3, 0.4) is 0 Å². The Morgan fingerprint density at radius 1 is 1.25 bits per heavy atom. The van der Waals surface area contributed by atoms with Gasteiger partial charge in [0.25, 0.3) is 0 Å². The summed E-state index contributed by atoms with van der Waals surface area (Å²) in [6.45, 7) is 5.18. The molecule has 108 valence electrons. The summed E-state index contributed by atoms with van der Waals surface area (Å²) in [4.78, 5) is 2.15. The van der Waals surface area contributed by atoms with Crippen LogP contribution in [0.4, 0.5) is 0 Å². The molecule has 2 aromatic rings. The number of hydrogen-bond acceptors (Lipinski definition) is 5. The summed E-state index contributed by atoms with van der Waals surface area (Å²) in [5, 5.41) is 11.8. The smallest absolute Gasteiger partial charge is 0.165 e. The number of rotatable bonds is 8. The molecule has 6 nitrogen and oxygen atoms in total. The van der Waals surface area contributed by atoms with E-state index >= 15 is 0 Å². The second-order valence-corrected chi connectivity index (χ2v) is 4.72. The second-order valence-electron chi connectivity index (χ2n) is 4.72. The predicted molar refractivity (Wildman–Crippen MR) is 76.4 cm³/mol. The van der Waals surface area contributed by atoms with Crippen molar-refractivity contribution in [2.45, 2.75) is 26.4 Å². The summed E-state index contributed by atoms with van der Waals surface area (Å²) in [6, 6.07) is 9.84. The Labute approximate surface area is 119 Å². The summed E-state index contributed by atoms with van der Waals surface area (Å²) in [5.74, 6) is 1.80. The highest BCUT2D eigenvalue weighted by Gasteiger charge is 2.08. The first-order valence-corrected chi connectivity index (χ1v) is 6.91. The molecule has 6 heteroatoms. The zero-order valence-corrected chi connectivity index (χ0v) is 12.1. The molecule has 0 unspecified atom stereocenters. The normalized spacial score (nSPS) is 10.9. The Hall–Kier alpha value is -1.95. The molecule has 0 atom stereocenters. The Bertz CT molecular complexity index is 499. The van der Waals surface area contributed by atoms with Gasteiger partial charge in [-0.2, -0.15) is 0 Å². The van der Waals surface area contributed by atoms with E-state index in [-0.39, 0.29) is 0 Å². The quantitative estimate of drug-likeness (QED) is 0.732. The standard InChI is InChI=1S/C14H21N5O/c1-3-9-19-14(15-16-17-19)12-18(2)10-11-20-13-7-5-4-6-8-13/h4-8H,3,9-12H2,1-2H3. The SMILES string of the molecule is CCCn1nnnc1CN(C)CCOc1ccccc1. The van der Waals surface area contributed by atoms with Crippen molar-refractivity contribution in [2.24, 2.45) is 0 Å². The van der Waals surface area contributed by atoms with E-state index in [1.807, 2.05) is 42.1 Å². The minimum atomic E-state index is 0.649. The van der Waals surface area contributed by atoms with E-state index in [1.54, 1.807) is 0 Å². The fourth-order valence-corrected chi connectivity index (χ4v) is 1.88. The van der Waals surface area contributed by atoms with Crippen LogP contribution in [-0.4, -0.2) is 45.3 Å². The average molecular weight is 275 g/mol. The van der Waals surface area contributed by atoms with Gasteiger partial charge >= 0.3 is 0 Å². The number of nitrogens with zero attached hydrogens (tertiary/aromatic N) is 5. The molecule has 0 fully saturated rings. The van der Waals surface area contributed by atoms with Gasteiger partial charge in [-0.3, -0.25) is 4.90 Å². The van der Waals surface area contributed by atoms with Crippen molar-refractivity contribution in [1.29, 1.82) is 0 Å². The van der Waals surface area contributed by atoms with Gasteiger partial charge in [-0.15, -0.1) is 5.10 Å². The van der Waals surface area contributed by atoms with Crippen LogP contribution in [0.2, 0.25) is 0 Å². The van der Waals surface area contributed by atoms with Gasteiger partial charge < -0.3 is 4.74 Å². The van der Waals surface area contributed by atoms with Gasteiger partial charge in [0.1, 0.15) is 12.4 Å². The molecule has 1 heterocycles. The molecule has 1 aromatic heterocycles. The third-order valence-electron chi connectivity index (χ3n) is 2.94. The molecule has 0 spiro atoms. The van der Waals surface area contributed by atoms with Gasteiger partial charge in [0, 0.05) is 13.1 Å². The average Bonchev–Trinajstić information content (AvgIpc) is 2.88. The molecule has 0 saturated heterocycles. The molecular formula is C14H21N5O. The third kappa shape index (κ3) is 4.31. The maximum Gasteiger partial charge on any atom is 0.165 e. The van der Waals surface area contributed by atoms with E-state index in [2.05, 4.69) is 27.3 Å². The van der Waals surface area contributed by atoms with Gasteiger partial charge in [0.2, 0.25) is 0 Å². The number of ether oxygens (including phenoxy) is 1. The molecule has 1 aromatic carbocycles. The fraction of sp³-hybridized carbons (Fsp3) is 0.500. The molecule has 0 amide bonds. The highest BCUT2D eigenvalue weighted by Crippen LogP contribution is 2.08. The number of tetrazole rings is 1. The van der Waals surface area contributed by atoms with E-state index in [0.29, 0.717) is 6.61 Å². The zero-order chi connectivity index (χ0) is 14.2. The zero-order valence-electron chi connectivity index (χ0n) is 12.1. The van der Waals surface area contributed by atoms with Crippen LogP contribution in [0, 0.1) is 0 Å². The molecular weight excluding hydrogens is 254 g/mol.